The first-order valence-corrected chi connectivity index (χ1v) is 13.9. The number of nitrogens with zero attached hydrogens (tertiary/aromatic N) is 3. The van der Waals surface area contributed by atoms with Crippen molar-refractivity contribution in [3.05, 3.63) is 36.2 Å². The van der Waals surface area contributed by atoms with E-state index in [2.05, 4.69) is 40.8 Å². The van der Waals surface area contributed by atoms with Crippen molar-refractivity contribution in [2.45, 2.75) is 47.5 Å². The molecule has 0 radical (unpaired) electrons. The first-order chi connectivity index (χ1) is 16.4. The molecule has 188 valence electrons. The molecule has 0 saturated carbocycles. The molecule has 4 rings (SSSR count). The monoisotopic (exact) mass is 496 g/mol. The largest absolute Gasteiger partial charge is 0.493 e. The van der Waals surface area contributed by atoms with Crippen LogP contribution in [-0.2, 0) is 10.8 Å². The smallest absolute Gasteiger partial charge is 0.171 e. The highest BCUT2D eigenvalue weighted by atomic mass is 32.2. The number of anilines is 1. The molecule has 3 aromatic rings. The zero-order valence-electron chi connectivity index (χ0n) is 21.6. The number of rotatable bonds is 8. The lowest BCUT2D eigenvalue weighted by Gasteiger charge is -2.23. The minimum absolute atomic E-state index is 0.0283. The van der Waals surface area contributed by atoms with Crippen LogP contribution in [0.4, 0.5) is 5.69 Å². The van der Waals surface area contributed by atoms with Crippen molar-refractivity contribution in [3.63, 3.8) is 0 Å². The maximum Gasteiger partial charge on any atom is 0.171 e. The summed E-state index contributed by atoms with van der Waals surface area (Å²) in [4.78, 5) is 27.9. The first-order valence-electron chi connectivity index (χ1n) is 12.2. The van der Waals surface area contributed by atoms with E-state index >= 15 is 0 Å². The van der Waals surface area contributed by atoms with Gasteiger partial charge in [0.15, 0.2) is 11.4 Å². The van der Waals surface area contributed by atoms with Crippen LogP contribution in [0.5, 0.6) is 5.75 Å². The summed E-state index contributed by atoms with van der Waals surface area (Å²) in [5.41, 5.74) is 4.16. The van der Waals surface area contributed by atoms with E-state index in [1.54, 1.807) is 18.6 Å². The summed E-state index contributed by atoms with van der Waals surface area (Å²) < 4.78 is 17.5. The van der Waals surface area contributed by atoms with Gasteiger partial charge in [0.05, 0.1) is 24.1 Å². The van der Waals surface area contributed by atoms with E-state index in [1.165, 1.54) is 0 Å². The van der Waals surface area contributed by atoms with Crippen molar-refractivity contribution >= 4 is 33.4 Å². The van der Waals surface area contributed by atoms with Crippen LogP contribution in [-0.4, -0.2) is 56.6 Å². The summed E-state index contributed by atoms with van der Waals surface area (Å²) in [5, 5.41) is 0. The number of ketones is 1. The lowest BCUT2D eigenvalue weighted by Crippen LogP contribution is -2.22. The van der Waals surface area contributed by atoms with Crippen LogP contribution in [0, 0.1) is 10.8 Å². The summed E-state index contributed by atoms with van der Waals surface area (Å²) in [7, 11) is -0.832. The number of carbonyl (C=O) groups is 1. The second-order valence-corrected chi connectivity index (χ2v) is 12.8. The summed E-state index contributed by atoms with van der Waals surface area (Å²) in [5.74, 6) is 1.40. The number of ether oxygens (including phenoxy) is 1. The summed E-state index contributed by atoms with van der Waals surface area (Å²) in [6, 6.07) is 6.18. The number of benzene rings is 1. The molecule has 35 heavy (non-hydrogen) atoms. The number of Topliss-reactive ketones (excluding diaryl/α,β-unsaturated/α-hetero) is 1. The van der Waals surface area contributed by atoms with Gasteiger partial charge in [-0.25, -0.2) is 9.97 Å². The molecule has 0 amide bonds. The van der Waals surface area contributed by atoms with Crippen molar-refractivity contribution in [2.75, 3.05) is 36.6 Å². The number of hydrogen-bond acceptors (Lipinski definition) is 6. The molecule has 0 spiro atoms. The fourth-order valence-electron chi connectivity index (χ4n) is 4.39. The van der Waals surface area contributed by atoms with Gasteiger partial charge in [-0.2, -0.15) is 0 Å². The predicted octanol–water partition coefficient (Wildman–Crippen LogP) is 5.24. The van der Waals surface area contributed by atoms with Crippen LogP contribution in [0.25, 0.3) is 22.4 Å². The lowest BCUT2D eigenvalue weighted by atomic mass is 9.87. The molecule has 7 nitrogen and oxygen atoms in total. The number of fused-ring (bicyclic) bond motifs is 1. The molecule has 1 atom stereocenters. The van der Waals surface area contributed by atoms with Gasteiger partial charge in [0.25, 0.3) is 0 Å². The Morgan fingerprint density at radius 3 is 2.69 bits per heavy atom. The van der Waals surface area contributed by atoms with Gasteiger partial charge < -0.3 is 14.6 Å². The molecule has 0 bridgehead atoms. The Morgan fingerprint density at radius 1 is 1.26 bits per heavy atom. The van der Waals surface area contributed by atoms with E-state index in [4.69, 9.17) is 9.72 Å². The Bertz CT molecular complexity index is 1260. The van der Waals surface area contributed by atoms with E-state index in [0.29, 0.717) is 34.8 Å². The third-order valence-electron chi connectivity index (χ3n) is 6.38. The Hall–Kier alpha value is -2.74. The standard InChI is InChI=1S/C27H36N4O3S/c1-26(2,3)24(32)21-15-28-25-23(21)30-22(16-29-25)18-12-19(31-9-8-27(4,5)17-31)14-20(13-18)34-10-7-11-35(6)33/h12-16H,7-11,17H2,1-6H3,(H,28,29). The molecular formula is C27H36N4O3S. The molecule has 3 heterocycles. The molecule has 0 aliphatic carbocycles. The van der Waals surface area contributed by atoms with Crippen molar-refractivity contribution < 1.29 is 13.7 Å². The first kappa shape index (κ1) is 25.4. The number of aromatic nitrogens is 3. The van der Waals surface area contributed by atoms with Gasteiger partial charge in [-0.05, 0) is 30.4 Å². The summed E-state index contributed by atoms with van der Waals surface area (Å²) in [6.45, 7) is 12.8. The molecule has 1 fully saturated rings. The SMILES string of the molecule is CS(=O)CCCOc1cc(-c2cnc3[nH]cc(C(=O)C(C)(C)C)c3n2)cc(N2CCC(C)(C)C2)c1. The third kappa shape index (κ3) is 5.92. The maximum atomic E-state index is 13.0. The normalized spacial score (nSPS) is 16.6. The van der Waals surface area contributed by atoms with Crippen molar-refractivity contribution in [3.8, 4) is 17.0 Å². The molecule has 1 N–H and O–H groups in total. The minimum atomic E-state index is -0.832. The van der Waals surface area contributed by atoms with Gasteiger partial charge >= 0.3 is 0 Å². The van der Waals surface area contributed by atoms with Gasteiger partial charge in [0, 0.05) is 64.8 Å². The Morgan fingerprint density at radius 2 is 2.03 bits per heavy atom. The Labute approximate surface area is 210 Å². The Kier molecular flexibility index (Phi) is 7.04. The molecule has 8 heteroatoms. The molecular weight excluding hydrogens is 460 g/mol. The number of aromatic amines is 1. The van der Waals surface area contributed by atoms with Crippen molar-refractivity contribution in [2.24, 2.45) is 10.8 Å². The van der Waals surface area contributed by atoms with E-state index in [-0.39, 0.29) is 11.2 Å². The van der Waals surface area contributed by atoms with Crippen LogP contribution in [0.1, 0.15) is 57.8 Å². The third-order valence-corrected chi connectivity index (χ3v) is 7.24. The zero-order chi connectivity index (χ0) is 25.4. The van der Waals surface area contributed by atoms with Gasteiger partial charge in [-0.3, -0.25) is 9.00 Å². The second kappa shape index (κ2) is 9.72. The van der Waals surface area contributed by atoms with Crippen LogP contribution < -0.4 is 9.64 Å². The lowest BCUT2D eigenvalue weighted by molar-refractivity contribution is 0.0860. The molecule has 1 aliphatic heterocycles. The predicted molar refractivity (Wildman–Crippen MR) is 143 cm³/mol. The number of H-pyrrole nitrogens is 1. The Balaban J connectivity index is 1.71. The molecule has 1 saturated heterocycles. The number of nitrogens with one attached hydrogen (secondary N) is 1. The highest BCUT2D eigenvalue weighted by molar-refractivity contribution is 7.84. The average Bonchev–Trinajstić information content (AvgIpc) is 3.37. The van der Waals surface area contributed by atoms with Crippen molar-refractivity contribution in [1.82, 2.24) is 15.0 Å². The maximum absolute atomic E-state index is 13.0. The van der Waals surface area contributed by atoms with E-state index < -0.39 is 16.2 Å². The average molecular weight is 497 g/mol. The summed E-state index contributed by atoms with van der Waals surface area (Å²) in [6.07, 6.45) is 7.01. The zero-order valence-corrected chi connectivity index (χ0v) is 22.4. The quantitative estimate of drug-likeness (QED) is 0.339. The fraction of sp³-hybridized carbons (Fsp3) is 0.519. The van der Waals surface area contributed by atoms with Crippen LogP contribution in [0.15, 0.2) is 30.6 Å². The topological polar surface area (TPSA) is 88.2 Å². The van der Waals surface area contributed by atoms with Gasteiger partial charge in [0.1, 0.15) is 11.3 Å². The highest BCUT2D eigenvalue weighted by Gasteiger charge is 2.30. The van der Waals surface area contributed by atoms with E-state index in [1.807, 2.05) is 26.8 Å². The van der Waals surface area contributed by atoms with E-state index in [0.717, 1.165) is 42.9 Å². The van der Waals surface area contributed by atoms with Crippen LogP contribution >= 0.6 is 0 Å². The minimum Gasteiger partial charge on any atom is -0.493 e. The second-order valence-electron chi connectivity index (χ2n) is 11.3. The fourth-order valence-corrected chi connectivity index (χ4v) is 4.91. The number of carbonyl (C=O) groups excluding carboxylic acids is 1. The summed E-state index contributed by atoms with van der Waals surface area (Å²) >= 11 is 0. The van der Waals surface area contributed by atoms with Crippen LogP contribution in [0.3, 0.4) is 0 Å². The molecule has 1 aromatic carbocycles. The van der Waals surface area contributed by atoms with E-state index in [9.17, 15) is 9.00 Å². The molecule has 1 unspecified atom stereocenters. The molecule has 1 aliphatic rings. The van der Waals surface area contributed by atoms with Gasteiger partial charge in [0.2, 0.25) is 0 Å². The van der Waals surface area contributed by atoms with Crippen LogP contribution in [0.2, 0.25) is 0 Å². The molecule has 2 aromatic heterocycles. The highest BCUT2D eigenvalue weighted by Crippen LogP contribution is 2.37. The number of hydrogen-bond donors (Lipinski definition) is 1. The van der Waals surface area contributed by atoms with Gasteiger partial charge in [-0.1, -0.05) is 34.6 Å². The van der Waals surface area contributed by atoms with Gasteiger partial charge in [-0.15, -0.1) is 0 Å². The van der Waals surface area contributed by atoms with Crippen molar-refractivity contribution in [1.29, 1.82) is 0 Å².